The molecule has 1 N–H and O–H groups in total. The van der Waals surface area contributed by atoms with Crippen LogP contribution in [-0.2, 0) is 4.79 Å². The van der Waals surface area contributed by atoms with E-state index in [0.717, 1.165) is 22.8 Å². The number of amides is 3. The average Bonchev–Trinajstić information content (AvgIpc) is 2.90. The third-order valence-corrected chi connectivity index (χ3v) is 5.60. The molecule has 0 atom stereocenters. The molecule has 0 aliphatic carbocycles. The first-order valence-electron chi connectivity index (χ1n) is 9.72. The maximum absolute atomic E-state index is 12.3. The van der Waals surface area contributed by atoms with Crippen LogP contribution in [0.15, 0.2) is 53.4 Å². The van der Waals surface area contributed by atoms with Gasteiger partial charge in [0.25, 0.3) is 11.8 Å². The smallest absolute Gasteiger partial charge is 0.261 e. The monoisotopic (exact) mass is 410 g/mol. The summed E-state index contributed by atoms with van der Waals surface area (Å²) in [5, 5.41) is 2.92. The van der Waals surface area contributed by atoms with Gasteiger partial charge in [-0.15, -0.1) is 11.8 Å². The summed E-state index contributed by atoms with van der Waals surface area (Å²) in [6.07, 6.45) is 1.20. The highest BCUT2D eigenvalue weighted by Crippen LogP contribution is 2.25. The van der Waals surface area contributed by atoms with Gasteiger partial charge in [-0.1, -0.05) is 32.9 Å². The Bertz CT molecular complexity index is 881. The fourth-order valence-corrected chi connectivity index (χ4v) is 4.01. The van der Waals surface area contributed by atoms with Gasteiger partial charge in [-0.2, -0.15) is 0 Å². The zero-order valence-corrected chi connectivity index (χ0v) is 17.8. The molecule has 0 saturated heterocycles. The van der Waals surface area contributed by atoms with Crippen LogP contribution in [0, 0.1) is 5.41 Å². The summed E-state index contributed by atoms with van der Waals surface area (Å²) in [4.78, 5) is 39.1. The molecule has 2 aromatic rings. The molecule has 1 aliphatic rings. The summed E-state index contributed by atoms with van der Waals surface area (Å²) >= 11 is 1.67. The Labute approximate surface area is 175 Å². The van der Waals surface area contributed by atoms with Crippen LogP contribution in [0.1, 0.15) is 54.3 Å². The molecule has 5 nitrogen and oxygen atoms in total. The standard InChI is InChI=1S/C23H26N2O3S/c1-23(2,3)15-20(26)24-16-9-11-17(12-10-16)29-14-6-13-25-21(27)18-7-4-5-8-19(18)22(25)28/h4-5,7-12H,6,13-15H2,1-3H3,(H,24,26). The first kappa shape index (κ1) is 21.1. The van der Waals surface area contributed by atoms with E-state index in [2.05, 4.69) is 5.32 Å². The molecule has 3 rings (SSSR count). The maximum atomic E-state index is 12.3. The van der Waals surface area contributed by atoms with E-state index in [-0.39, 0.29) is 23.1 Å². The second kappa shape index (κ2) is 8.82. The number of benzene rings is 2. The van der Waals surface area contributed by atoms with Gasteiger partial charge < -0.3 is 5.32 Å². The number of hydrogen-bond donors (Lipinski definition) is 1. The van der Waals surface area contributed by atoms with Crippen LogP contribution >= 0.6 is 11.8 Å². The number of nitrogens with one attached hydrogen (secondary N) is 1. The molecule has 0 radical (unpaired) electrons. The quantitative estimate of drug-likeness (QED) is 0.403. The highest BCUT2D eigenvalue weighted by Gasteiger charge is 2.34. The number of thioether (sulfide) groups is 1. The van der Waals surface area contributed by atoms with E-state index in [1.165, 1.54) is 4.90 Å². The lowest BCUT2D eigenvalue weighted by Crippen LogP contribution is -2.30. The summed E-state index contributed by atoms with van der Waals surface area (Å²) in [5.41, 5.74) is 1.73. The van der Waals surface area contributed by atoms with Crippen LogP contribution in [0.25, 0.3) is 0 Å². The Morgan fingerprint density at radius 3 is 2.10 bits per heavy atom. The van der Waals surface area contributed by atoms with Crippen LogP contribution in [0.5, 0.6) is 0 Å². The summed E-state index contributed by atoms with van der Waals surface area (Å²) in [6.45, 7) is 6.52. The van der Waals surface area contributed by atoms with Crippen molar-refractivity contribution in [3.63, 3.8) is 0 Å². The lowest BCUT2D eigenvalue weighted by Gasteiger charge is -2.17. The topological polar surface area (TPSA) is 66.5 Å². The Hall–Kier alpha value is -2.60. The minimum atomic E-state index is -0.203. The highest BCUT2D eigenvalue weighted by molar-refractivity contribution is 7.99. The van der Waals surface area contributed by atoms with E-state index in [0.29, 0.717) is 24.1 Å². The Morgan fingerprint density at radius 1 is 0.966 bits per heavy atom. The van der Waals surface area contributed by atoms with Crippen molar-refractivity contribution in [2.75, 3.05) is 17.6 Å². The number of carbonyl (C=O) groups is 3. The first-order valence-corrected chi connectivity index (χ1v) is 10.7. The number of fused-ring (bicyclic) bond motifs is 1. The zero-order valence-electron chi connectivity index (χ0n) is 17.0. The Morgan fingerprint density at radius 2 is 1.55 bits per heavy atom. The van der Waals surface area contributed by atoms with Crippen molar-refractivity contribution in [2.45, 2.75) is 38.5 Å². The molecule has 0 saturated carbocycles. The second-order valence-electron chi connectivity index (χ2n) is 8.32. The summed E-state index contributed by atoms with van der Waals surface area (Å²) in [5.74, 6) is 0.402. The molecule has 1 aliphatic heterocycles. The fourth-order valence-electron chi connectivity index (χ4n) is 3.18. The van der Waals surface area contributed by atoms with Crippen molar-refractivity contribution < 1.29 is 14.4 Å². The van der Waals surface area contributed by atoms with Crippen LogP contribution < -0.4 is 5.32 Å². The number of imide groups is 1. The first-order chi connectivity index (χ1) is 13.7. The number of hydrogen-bond acceptors (Lipinski definition) is 4. The largest absolute Gasteiger partial charge is 0.326 e. The molecule has 29 heavy (non-hydrogen) atoms. The lowest BCUT2D eigenvalue weighted by atomic mass is 9.92. The molecule has 2 aromatic carbocycles. The van der Waals surface area contributed by atoms with E-state index < -0.39 is 0 Å². The third kappa shape index (κ3) is 5.48. The highest BCUT2D eigenvalue weighted by atomic mass is 32.2. The van der Waals surface area contributed by atoms with Gasteiger partial charge in [0, 0.05) is 23.5 Å². The van der Waals surface area contributed by atoms with E-state index in [1.54, 1.807) is 36.0 Å². The van der Waals surface area contributed by atoms with Gasteiger partial charge in [-0.3, -0.25) is 19.3 Å². The van der Waals surface area contributed by atoms with E-state index in [1.807, 2.05) is 45.0 Å². The van der Waals surface area contributed by atoms with Gasteiger partial charge >= 0.3 is 0 Å². The molecular formula is C23H26N2O3S. The molecule has 0 aromatic heterocycles. The van der Waals surface area contributed by atoms with Gasteiger partial charge in [0.05, 0.1) is 11.1 Å². The van der Waals surface area contributed by atoms with Gasteiger partial charge in [-0.25, -0.2) is 0 Å². The normalized spacial score (nSPS) is 13.6. The summed E-state index contributed by atoms with van der Waals surface area (Å²) < 4.78 is 0. The summed E-state index contributed by atoms with van der Waals surface area (Å²) in [6, 6.07) is 14.7. The van der Waals surface area contributed by atoms with Crippen molar-refractivity contribution in [3.05, 3.63) is 59.7 Å². The van der Waals surface area contributed by atoms with Crippen molar-refractivity contribution in [1.29, 1.82) is 0 Å². The second-order valence-corrected chi connectivity index (χ2v) is 9.49. The van der Waals surface area contributed by atoms with Gasteiger partial charge in [0.2, 0.25) is 5.91 Å². The van der Waals surface area contributed by atoms with Crippen LogP contribution in [0.2, 0.25) is 0 Å². The van der Waals surface area contributed by atoms with Crippen molar-refractivity contribution in [2.24, 2.45) is 5.41 Å². The minimum Gasteiger partial charge on any atom is -0.326 e. The molecule has 152 valence electrons. The minimum absolute atomic E-state index is 0.0128. The number of carbonyl (C=O) groups excluding carboxylic acids is 3. The fraction of sp³-hybridized carbons (Fsp3) is 0.348. The van der Waals surface area contributed by atoms with Crippen molar-refractivity contribution in [3.8, 4) is 0 Å². The summed E-state index contributed by atoms with van der Waals surface area (Å²) in [7, 11) is 0. The van der Waals surface area contributed by atoms with E-state index >= 15 is 0 Å². The van der Waals surface area contributed by atoms with Gasteiger partial charge in [-0.05, 0) is 54.0 Å². The predicted molar refractivity (Wildman–Crippen MR) is 116 cm³/mol. The average molecular weight is 411 g/mol. The molecule has 6 heteroatoms. The molecular weight excluding hydrogens is 384 g/mol. The SMILES string of the molecule is CC(C)(C)CC(=O)Nc1ccc(SCCCN2C(=O)c3ccccc3C2=O)cc1. The number of anilines is 1. The molecule has 0 bridgehead atoms. The molecule has 3 amide bonds. The van der Waals surface area contributed by atoms with E-state index in [4.69, 9.17) is 0 Å². The lowest BCUT2D eigenvalue weighted by molar-refractivity contribution is -0.117. The zero-order chi connectivity index (χ0) is 21.0. The van der Waals surface area contributed by atoms with E-state index in [9.17, 15) is 14.4 Å². The van der Waals surface area contributed by atoms with Gasteiger partial charge in [0.15, 0.2) is 0 Å². The molecule has 0 fully saturated rings. The van der Waals surface area contributed by atoms with Crippen LogP contribution in [0.4, 0.5) is 5.69 Å². The van der Waals surface area contributed by atoms with Crippen molar-refractivity contribution >= 4 is 35.2 Å². The maximum Gasteiger partial charge on any atom is 0.261 e. The third-order valence-electron chi connectivity index (χ3n) is 4.50. The van der Waals surface area contributed by atoms with Gasteiger partial charge in [0.1, 0.15) is 0 Å². The molecule has 1 heterocycles. The number of rotatable bonds is 7. The van der Waals surface area contributed by atoms with Crippen molar-refractivity contribution in [1.82, 2.24) is 4.90 Å². The Kier molecular flexibility index (Phi) is 6.42. The van der Waals surface area contributed by atoms with Crippen LogP contribution in [0.3, 0.4) is 0 Å². The molecule has 0 unspecified atom stereocenters. The predicted octanol–water partition coefficient (Wildman–Crippen LogP) is 4.84. The Balaban J connectivity index is 1.44. The number of nitrogens with zero attached hydrogens (tertiary/aromatic N) is 1. The van der Waals surface area contributed by atoms with Crippen LogP contribution in [-0.4, -0.2) is 34.9 Å². The molecule has 0 spiro atoms.